The van der Waals surface area contributed by atoms with Gasteiger partial charge >= 0.3 is 5.97 Å². The van der Waals surface area contributed by atoms with Gasteiger partial charge in [-0.3, -0.25) is 9.59 Å². The highest BCUT2D eigenvalue weighted by Gasteiger charge is 2.65. The molecule has 2 fully saturated rings. The summed E-state index contributed by atoms with van der Waals surface area (Å²) in [6.45, 7) is 3.14. The molecule has 6 heteroatoms. The normalized spacial score (nSPS) is 42.2. The molecular weight excluding hydrogens is 244 g/mol. The summed E-state index contributed by atoms with van der Waals surface area (Å²) in [6, 6.07) is 0. The molecule has 2 aliphatic rings. The summed E-state index contributed by atoms with van der Waals surface area (Å²) < 4.78 is 32.8. The summed E-state index contributed by atoms with van der Waals surface area (Å²) in [5.41, 5.74) is 3.68. The maximum Gasteiger partial charge on any atom is 0.313 e. The number of ether oxygens (including phenoxy) is 1. The highest BCUT2D eigenvalue weighted by atomic mass is 19.3. The van der Waals surface area contributed by atoms with E-state index in [1.807, 2.05) is 0 Å². The van der Waals surface area contributed by atoms with Gasteiger partial charge in [0.1, 0.15) is 6.10 Å². The minimum atomic E-state index is -2.96. The van der Waals surface area contributed by atoms with Gasteiger partial charge in [-0.2, -0.15) is 0 Å². The van der Waals surface area contributed by atoms with Gasteiger partial charge in [0, 0.05) is 24.7 Å². The number of rotatable bonds is 2. The van der Waals surface area contributed by atoms with Crippen LogP contribution in [0.1, 0.15) is 33.1 Å². The van der Waals surface area contributed by atoms with Gasteiger partial charge in [-0.1, -0.05) is 6.92 Å². The zero-order chi connectivity index (χ0) is 13.7. The third-order valence-corrected chi connectivity index (χ3v) is 4.35. The van der Waals surface area contributed by atoms with Crippen molar-refractivity contribution < 1.29 is 23.1 Å². The van der Waals surface area contributed by atoms with Crippen molar-refractivity contribution in [3.63, 3.8) is 0 Å². The van der Waals surface area contributed by atoms with Gasteiger partial charge < -0.3 is 10.5 Å². The molecule has 1 aliphatic carbocycles. The zero-order valence-electron chi connectivity index (χ0n) is 10.4. The van der Waals surface area contributed by atoms with Crippen LogP contribution in [0.3, 0.4) is 0 Å². The van der Waals surface area contributed by atoms with Crippen LogP contribution in [0.4, 0.5) is 8.78 Å². The van der Waals surface area contributed by atoms with Crippen LogP contribution >= 0.6 is 0 Å². The van der Waals surface area contributed by atoms with E-state index in [1.165, 1.54) is 6.92 Å². The summed E-state index contributed by atoms with van der Waals surface area (Å²) in [6.07, 6.45) is -1.26. The van der Waals surface area contributed by atoms with Crippen molar-refractivity contribution in [3.05, 3.63) is 0 Å². The molecule has 2 N–H and O–H groups in total. The Balaban J connectivity index is 2.40. The lowest BCUT2D eigenvalue weighted by molar-refractivity contribution is -0.166. The van der Waals surface area contributed by atoms with E-state index < -0.39 is 41.7 Å². The summed E-state index contributed by atoms with van der Waals surface area (Å²) in [7, 11) is 0. The topological polar surface area (TPSA) is 69.4 Å². The van der Waals surface area contributed by atoms with E-state index >= 15 is 0 Å². The Morgan fingerprint density at radius 1 is 1.50 bits per heavy atom. The number of alkyl halides is 2. The van der Waals surface area contributed by atoms with Crippen molar-refractivity contribution in [1.29, 1.82) is 0 Å². The van der Waals surface area contributed by atoms with Gasteiger partial charge in [-0.05, 0) is 13.3 Å². The van der Waals surface area contributed by atoms with Crippen LogP contribution in [0.15, 0.2) is 0 Å². The SMILES string of the molecule is CC1OC(=O)C2(CC(N)=O)CC(F)(F)C(C)CC12. The van der Waals surface area contributed by atoms with E-state index in [9.17, 15) is 18.4 Å². The number of nitrogens with two attached hydrogens (primary N) is 1. The Hall–Kier alpha value is -1.20. The molecule has 1 saturated carbocycles. The Morgan fingerprint density at radius 3 is 2.67 bits per heavy atom. The zero-order valence-corrected chi connectivity index (χ0v) is 10.4. The number of halogens is 2. The minimum absolute atomic E-state index is 0.174. The predicted octanol–water partition coefficient (Wildman–Crippen LogP) is 1.47. The minimum Gasteiger partial charge on any atom is -0.462 e. The second-order valence-corrected chi connectivity index (χ2v) is 5.59. The molecule has 102 valence electrons. The van der Waals surface area contributed by atoms with Gasteiger partial charge in [0.25, 0.3) is 5.92 Å². The number of primary amides is 1. The van der Waals surface area contributed by atoms with Crippen LogP contribution in [0.25, 0.3) is 0 Å². The van der Waals surface area contributed by atoms with E-state index in [2.05, 4.69) is 0 Å². The van der Waals surface area contributed by atoms with E-state index in [0.717, 1.165) is 0 Å². The molecule has 0 aromatic carbocycles. The fourth-order valence-electron chi connectivity index (χ4n) is 3.31. The molecule has 0 radical (unpaired) electrons. The molecule has 0 aromatic rings. The number of cyclic esters (lactones) is 1. The third-order valence-electron chi connectivity index (χ3n) is 4.35. The van der Waals surface area contributed by atoms with E-state index in [4.69, 9.17) is 10.5 Å². The van der Waals surface area contributed by atoms with Gasteiger partial charge in [0.05, 0.1) is 5.41 Å². The molecular formula is C12H17F2NO3. The standard InChI is InChI=1S/C12H17F2NO3/c1-6-3-8-7(2)18-10(17)11(8,4-9(15)16)5-12(6,13)14/h6-8H,3-5H2,1-2H3,(H2,15,16). The molecule has 0 bridgehead atoms. The Kier molecular flexibility index (Phi) is 2.87. The van der Waals surface area contributed by atoms with E-state index in [1.54, 1.807) is 6.92 Å². The molecule has 1 amide bonds. The summed E-state index contributed by atoms with van der Waals surface area (Å²) in [4.78, 5) is 23.0. The van der Waals surface area contributed by atoms with Crippen molar-refractivity contribution in [3.8, 4) is 0 Å². The quantitative estimate of drug-likeness (QED) is 0.765. The summed E-state index contributed by atoms with van der Waals surface area (Å²) >= 11 is 0. The van der Waals surface area contributed by atoms with E-state index in [0.29, 0.717) is 0 Å². The first-order chi connectivity index (χ1) is 8.19. The molecule has 4 nitrogen and oxygen atoms in total. The molecule has 18 heavy (non-hydrogen) atoms. The van der Waals surface area contributed by atoms with Crippen molar-refractivity contribution in [2.45, 2.75) is 45.1 Å². The Bertz CT molecular complexity index is 399. The Morgan fingerprint density at radius 2 is 2.11 bits per heavy atom. The maximum atomic E-state index is 13.9. The van der Waals surface area contributed by atoms with Gasteiger partial charge in [0.15, 0.2) is 0 Å². The average molecular weight is 261 g/mol. The molecule has 1 heterocycles. The lowest BCUT2D eigenvalue weighted by Gasteiger charge is -2.42. The number of carbonyl (C=O) groups excluding carboxylic acids is 2. The number of hydrogen-bond acceptors (Lipinski definition) is 3. The van der Waals surface area contributed by atoms with Crippen LogP contribution in [0.5, 0.6) is 0 Å². The second kappa shape index (κ2) is 3.90. The second-order valence-electron chi connectivity index (χ2n) is 5.59. The highest BCUT2D eigenvalue weighted by molar-refractivity contribution is 5.87. The molecule has 0 aromatic heterocycles. The van der Waals surface area contributed by atoms with Gasteiger partial charge in [-0.15, -0.1) is 0 Å². The number of esters is 1. The first kappa shape index (κ1) is 13.2. The van der Waals surface area contributed by atoms with Crippen molar-refractivity contribution in [2.24, 2.45) is 23.0 Å². The van der Waals surface area contributed by atoms with Crippen molar-refractivity contribution in [1.82, 2.24) is 0 Å². The molecule has 1 saturated heterocycles. The van der Waals surface area contributed by atoms with Crippen LogP contribution < -0.4 is 5.73 Å². The van der Waals surface area contributed by atoms with Crippen molar-refractivity contribution in [2.75, 3.05) is 0 Å². The monoisotopic (exact) mass is 261 g/mol. The van der Waals surface area contributed by atoms with Crippen LogP contribution in [0.2, 0.25) is 0 Å². The third kappa shape index (κ3) is 1.78. The smallest absolute Gasteiger partial charge is 0.313 e. The fraction of sp³-hybridized carbons (Fsp3) is 0.833. The number of carbonyl (C=O) groups is 2. The number of hydrogen-bond donors (Lipinski definition) is 1. The maximum absolute atomic E-state index is 13.9. The van der Waals surface area contributed by atoms with Crippen LogP contribution in [-0.4, -0.2) is 23.9 Å². The molecule has 1 aliphatic heterocycles. The predicted molar refractivity (Wildman–Crippen MR) is 58.6 cm³/mol. The molecule has 0 spiro atoms. The fourth-order valence-corrected chi connectivity index (χ4v) is 3.31. The summed E-state index contributed by atoms with van der Waals surface area (Å²) in [5.74, 6) is -5.58. The lowest BCUT2D eigenvalue weighted by atomic mass is 9.60. The number of amides is 1. The largest absolute Gasteiger partial charge is 0.462 e. The highest BCUT2D eigenvalue weighted by Crippen LogP contribution is 2.57. The molecule has 2 rings (SSSR count). The first-order valence-electron chi connectivity index (χ1n) is 6.06. The Labute approximate surface area is 104 Å². The van der Waals surface area contributed by atoms with Crippen LogP contribution in [-0.2, 0) is 14.3 Å². The summed E-state index contributed by atoms with van der Waals surface area (Å²) in [5, 5.41) is 0. The van der Waals surface area contributed by atoms with Crippen LogP contribution in [0, 0.1) is 17.3 Å². The van der Waals surface area contributed by atoms with Gasteiger partial charge in [-0.25, -0.2) is 8.78 Å². The first-order valence-corrected chi connectivity index (χ1v) is 6.06. The molecule has 4 atom stereocenters. The lowest BCUT2D eigenvalue weighted by Crippen LogP contribution is -2.50. The van der Waals surface area contributed by atoms with Crippen molar-refractivity contribution >= 4 is 11.9 Å². The molecule has 4 unspecified atom stereocenters. The number of fused-ring (bicyclic) bond motifs is 1. The average Bonchev–Trinajstić information content (AvgIpc) is 2.40. The van der Waals surface area contributed by atoms with E-state index in [-0.39, 0.29) is 18.8 Å². The van der Waals surface area contributed by atoms with Gasteiger partial charge in [0.2, 0.25) is 5.91 Å².